The van der Waals surface area contributed by atoms with Crippen molar-refractivity contribution in [2.75, 3.05) is 4.90 Å². The number of carbonyl (C=O) groups is 2. The molecule has 0 fully saturated rings. The Morgan fingerprint density at radius 1 is 0.958 bits per heavy atom. The Balaban J connectivity index is 2.58. The molecular formula is C19H19FN2O2. The highest BCUT2D eigenvalue weighted by molar-refractivity contribution is 6.09. The summed E-state index contributed by atoms with van der Waals surface area (Å²) in [6.07, 6.45) is 2.12. The minimum absolute atomic E-state index is 0.378. The van der Waals surface area contributed by atoms with E-state index in [1.165, 1.54) is 23.1 Å². The summed E-state index contributed by atoms with van der Waals surface area (Å²) in [4.78, 5) is 25.0. The Kier molecular flexibility index (Phi) is 5.14. The molecule has 0 radical (unpaired) electrons. The lowest BCUT2D eigenvalue weighted by Gasteiger charge is -2.24. The maximum Gasteiger partial charge on any atom is 0.255 e. The average molecular weight is 326 g/mol. The highest BCUT2D eigenvalue weighted by atomic mass is 19.1. The molecule has 0 saturated carbocycles. The number of carbonyl (C=O) groups excluding carboxylic acids is 2. The van der Waals surface area contributed by atoms with Gasteiger partial charge in [-0.05, 0) is 67.8 Å². The molecule has 2 aromatic rings. The number of hydrogen-bond acceptors (Lipinski definition) is 2. The zero-order valence-corrected chi connectivity index (χ0v) is 13.8. The molecule has 124 valence electrons. The second-order valence-electron chi connectivity index (χ2n) is 5.61. The predicted molar refractivity (Wildman–Crippen MR) is 92.5 cm³/mol. The molecule has 2 amide bonds. The van der Waals surface area contributed by atoms with Gasteiger partial charge < -0.3 is 5.73 Å². The van der Waals surface area contributed by atoms with Crippen molar-refractivity contribution in [3.63, 3.8) is 0 Å². The van der Waals surface area contributed by atoms with Gasteiger partial charge in [0, 0.05) is 17.8 Å². The van der Waals surface area contributed by atoms with Crippen LogP contribution in [0.5, 0.6) is 0 Å². The van der Waals surface area contributed by atoms with E-state index in [-0.39, 0.29) is 5.82 Å². The van der Waals surface area contributed by atoms with E-state index >= 15 is 0 Å². The van der Waals surface area contributed by atoms with Gasteiger partial charge in [-0.2, -0.15) is 0 Å². The van der Waals surface area contributed by atoms with Gasteiger partial charge in [0.15, 0.2) is 0 Å². The second-order valence-corrected chi connectivity index (χ2v) is 5.61. The third kappa shape index (κ3) is 3.87. The highest BCUT2D eigenvalue weighted by Crippen LogP contribution is 2.30. The fraction of sp³-hybridized carbons (Fsp3) is 0.158. The summed E-state index contributed by atoms with van der Waals surface area (Å²) < 4.78 is 13.4. The summed E-state index contributed by atoms with van der Waals surface area (Å²) in [5.41, 5.74) is 8.95. The van der Waals surface area contributed by atoms with Crippen LogP contribution in [0.1, 0.15) is 16.7 Å². The summed E-state index contributed by atoms with van der Waals surface area (Å²) >= 11 is 0. The van der Waals surface area contributed by atoms with Gasteiger partial charge in [-0.3, -0.25) is 14.5 Å². The van der Waals surface area contributed by atoms with Crippen LogP contribution in [-0.4, -0.2) is 11.8 Å². The first-order valence-electron chi connectivity index (χ1n) is 7.44. The Labute approximate surface area is 140 Å². The van der Waals surface area contributed by atoms with Gasteiger partial charge in [0.2, 0.25) is 5.91 Å². The Morgan fingerprint density at radius 2 is 1.67 bits per heavy atom. The third-order valence-electron chi connectivity index (χ3n) is 3.76. The van der Waals surface area contributed by atoms with Crippen molar-refractivity contribution in [2.24, 2.45) is 5.73 Å². The van der Waals surface area contributed by atoms with Crippen molar-refractivity contribution >= 4 is 23.2 Å². The molecule has 4 nitrogen and oxygen atoms in total. The van der Waals surface area contributed by atoms with E-state index in [1.807, 2.05) is 26.0 Å². The number of aryl methyl sites for hydroxylation is 3. The molecule has 0 bridgehead atoms. The minimum atomic E-state index is -0.709. The molecule has 0 aliphatic carbocycles. The van der Waals surface area contributed by atoms with E-state index in [0.717, 1.165) is 23.3 Å². The SMILES string of the molecule is Cc1ccc(N(C(=O)C=CC(N)=O)c2ccc(F)cc2C)cc1C. The molecule has 24 heavy (non-hydrogen) atoms. The number of hydrogen-bond donors (Lipinski definition) is 1. The van der Waals surface area contributed by atoms with Crippen molar-refractivity contribution in [3.05, 3.63) is 71.1 Å². The number of halogens is 1. The number of rotatable bonds is 4. The Bertz CT molecular complexity index is 828. The van der Waals surface area contributed by atoms with Crippen LogP contribution in [0.2, 0.25) is 0 Å². The van der Waals surface area contributed by atoms with Crippen molar-refractivity contribution in [2.45, 2.75) is 20.8 Å². The van der Waals surface area contributed by atoms with Crippen molar-refractivity contribution in [1.29, 1.82) is 0 Å². The molecular weight excluding hydrogens is 307 g/mol. The highest BCUT2D eigenvalue weighted by Gasteiger charge is 2.18. The summed E-state index contributed by atoms with van der Waals surface area (Å²) in [5, 5.41) is 0. The van der Waals surface area contributed by atoms with Gasteiger partial charge in [-0.1, -0.05) is 6.07 Å². The van der Waals surface area contributed by atoms with Crippen LogP contribution in [-0.2, 0) is 9.59 Å². The first-order valence-corrected chi connectivity index (χ1v) is 7.44. The van der Waals surface area contributed by atoms with E-state index in [4.69, 9.17) is 5.73 Å². The molecule has 0 aliphatic heterocycles. The van der Waals surface area contributed by atoms with E-state index in [9.17, 15) is 14.0 Å². The lowest BCUT2D eigenvalue weighted by Crippen LogP contribution is -2.25. The molecule has 2 rings (SSSR count). The first kappa shape index (κ1) is 17.4. The molecule has 0 saturated heterocycles. The number of nitrogens with zero attached hydrogens (tertiary/aromatic N) is 1. The maximum absolute atomic E-state index is 13.4. The Morgan fingerprint density at radius 3 is 2.25 bits per heavy atom. The van der Waals surface area contributed by atoms with Gasteiger partial charge in [0.05, 0.1) is 5.69 Å². The molecule has 0 aromatic heterocycles. The van der Waals surface area contributed by atoms with Crippen LogP contribution in [0.25, 0.3) is 0 Å². The zero-order chi connectivity index (χ0) is 17.9. The number of primary amides is 1. The molecule has 2 N–H and O–H groups in total. The normalized spacial score (nSPS) is 10.8. The van der Waals surface area contributed by atoms with Crippen molar-refractivity contribution < 1.29 is 14.0 Å². The lowest BCUT2D eigenvalue weighted by molar-refractivity contribution is -0.115. The third-order valence-corrected chi connectivity index (χ3v) is 3.76. The number of anilines is 2. The van der Waals surface area contributed by atoms with Crippen LogP contribution in [0.15, 0.2) is 48.6 Å². The van der Waals surface area contributed by atoms with Crippen LogP contribution in [0.4, 0.5) is 15.8 Å². The maximum atomic E-state index is 13.4. The molecule has 2 aromatic carbocycles. The zero-order valence-electron chi connectivity index (χ0n) is 13.8. The first-order chi connectivity index (χ1) is 11.3. The van der Waals surface area contributed by atoms with E-state index in [2.05, 4.69) is 0 Å². The standard InChI is InChI=1S/C19H19FN2O2/c1-12-4-6-16(11-13(12)2)22(19(24)9-8-18(21)23)17-7-5-15(20)10-14(17)3/h4-11H,1-3H3,(H2,21,23). The van der Waals surface area contributed by atoms with Crippen LogP contribution in [0.3, 0.4) is 0 Å². The summed E-state index contributed by atoms with van der Waals surface area (Å²) in [7, 11) is 0. The van der Waals surface area contributed by atoms with Gasteiger partial charge >= 0.3 is 0 Å². The number of benzene rings is 2. The summed E-state index contributed by atoms with van der Waals surface area (Å²) in [6, 6.07) is 9.77. The van der Waals surface area contributed by atoms with E-state index in [0.29, 0.717) is 16.9 Å². The molecule has 0 atom stereocenters. The number of amides is 2. The van der Waals surface area contributed by atoms with Gasteiger partial charge in [-0.15, -0.1) is 0 Å². The van der Waals surface area contributed by atoms with Crippen LogP contribution >= 0.6 is 0 Å². The minimum Gasteiger partial charge on any atom is -0.366 e. The van der Waals surface area contributed by atoms with E-state index in [1.54, 1.807) is 13.0 Å². The lowest BCUT2D eigenvalue weighted by atomic mass is 10.1. The topological polar surface area (TPSA) is 63.4 Å². The largest absolute Gasteiger partial charge is 0.366 e. The smallest absolute Gasteiger partial charge is 0.255 e. The Hall–Kier alpha value is -2.95. The molecule has 0 aliphatic rings. The van der Waals surface area contributed by atoms with Crippen LogP contribution < -0.4 is 10.6 Å². The second kappa shape index (κ2) is 7.08. The fourth-order valence-corrected chi connectivity index (χ4v) is 2.35. The molecule has 0 unspecified atom stereocenters. The van der Waals surface area contributed by atoms with Crippen LogP contribution in [0, 0.1) is 26.6 Å². The monoisotopic (exact) mass is 326 g/mol. The summed E-state index contributed by atoms with van der Waals surface area (Å²) in [6.45, 7) is 5.64. The molecule has 0 spiro atoms. The van der Waals surface area contributed by atoms with Gasteiger partial charge in [0.25, 0.3) is 5.91 Å². The fourth-order valence-electron chi connectivity index (χ4n) is 2.35. The van der Waals surface area contributed by atoms with Crippen molar-refractivity contribution in [1.82, 2.24) is 0 Å². The van der Waals surface area contributed by atoms with Gasteiger partial charge in [0.1, 0.15) is 5.82 Å². The predicted octanol–water partition coefficient (Wildman–Crippen LogP) is 3.46. The van der Waals surface area contributed by atoms with Gasteiger partial charge in [-0.25, -0.2) is 4.39 Å². The molecule has 5 heteroatoms. The van der Waals surface area contributed by atoms with Crippen molar-refractivity contribution in [3.8, 4) is 0 Å². The average Bonchev–Trinajstić information content (AvgIpc) is 2.51. The number of nitrogens with two attached hydrogens (primary N) is 1. The quantitative estimate of drug-likeness (QED) is 0.875. The van der Waals surface area contributed by atoms with E-state index < -0.39 is 11.8 Å². The molecule has 0 heterocycles. The summed E-state index contributed by atoms with van der Waals surface area (Å²) in [5.74, 6) is -1.53.